The molecule has 0 fully saturated rings. The summed E-state index contributed by atoms with van der Waals surface area (Å²) >= 11 is 17.7. The van der Waals surface area contributed by atoms with Crippen LogP contribution in [0.2, 0.25) is 10.0 Å². The van der Waals surface area contributed by atoms with Gasteiger partial charge in [-0.25, -0.2) is 14.4 Å². The van der Waals surface area contributed by atoms with Gasteiger partial charge >= 0.3 is 0 Å². The van der Waals surface area contributed by atoms with Gasteiger partial charge in [0.05, 0.1) is 15.4 Å². The fourth-order valence-electron chi connectivity index (χ4n) is 3.27. The third kappa shape index (κ3) is 2.99. The zero-order valence-corrected chi connectivity index (χ0v) is 18.6. The van der Waals surface area contributed by atoms with Gasteiger partial charge < -0.3 is 5.11 Å². The van der Waals surface area contributed by atoms with Gasteiger partial charge in [0, 0.05) is 10.4 Å². The quantitative estimate of drug-likeness (QED) is 0.290. The van der Waals surface area contributed by atoms with E-state index in [-0.39, 0.29) is 21.6 Å². The molecule has 4 aromatic rings. The molecule has 142 valence electrons. The molecule has 0 aliphatic rings. The van der Waals surface area contributed by atoms with E-state index in [1.807, 2.05) is 13.8 Å². The third-order valence-corrected chi connectivity index (χ3v) is 7.30. The normalized spacial score (nSPS) is 11.4. The Bertz CT molecular complexity index is 1210. The van der Waals surface area contributed by atoms with E-state index in [1.165, 1.54) is 29.8 Å². The van der Waals surface area contributed by atoms with E-state index in [0.29, 0.717) is 15.7 Å². The van der Waals surface area contributed by atoms with Crippen LogP contribution in [0.25, 0.3) is 31.8 Å². The minimum atomic E-state index is -0.310. The fourth-order valence-corrected chi connectivity index (χ4v) is 5.46. The molecule has 0 unspecified atom stereocenters. The van der Waals surface area contributed by atoms with Gasteiger partial charge in [-0.3, -0.25) is 0 Å². The smallest absolute Gasteiger partial charge is 0.153 e. The molecule has 0 spiro atoms. The Morgan fingerprint density at radius 3 is 2.21 bits per heavy atom. The van der Waals surface area contributed by atoms with E-state index in [0.717, 1.165) is 31.8 Å². The molecule has 8 heteroatoms. The van der Waals surface area contributed by atoms with Crippen LogP contribution < -0.4 is 0 Å². The van der Waals surface area contributed by atoms with Crippen molar-refractivity contribution in [3.63, 3.8) is 0 Å². The number of rotatable bonds is 2. The highest BCUT2D eigenvalue weighted by molar-refractivity contribution is 9.10. The highest BCUT2D eigenvalue weighted by Crippen LogP contribution is 2.51. The Kier molecular flexibility index (Phi) is 5.08. The second-order valence-electron chi connectivity index (χ2n) is 6.26. The molecule has 0 amide bonds. The van der Waals surface area contributed by atoms with Crippen LogP contribution >= 0.6 is 50.5 Å². The molecule has 0 bridgehead atoms. The summed E-state index contributed by atoms with van der Waals surface area (Å²) in [5, 5.41) is 11.4. The first-order chi connectivity index (χ1) is 13.3. The van der Waals surface area contributed by atoms with E-state index in [4.69, 9.17) is 23.2 Å². The van der Waals surface area contributed by atoms with Crippen LogP contribution in [0.1, 0.15) is 11.1 Å². The molecule has 0 aliphatic carbocycles. The van der Waals surface area contributed by atoms with Gasteiger partial charge in [-0.05, 0) is 64.2 Å². The van der Waals surface area contributed by atoms with Crippen molar-refractivity contribution >= 4 is 60.7 Å². The lowest BCUT2D eigenvalue weighted by Crippen LogP contribution is -1.94. The predicted molar refractivity (Wildman–Crippen MR) is 117 cm³/mol. The van der Waals surface area contributed by atoms with Gasteiger partial charge in [-0.15, -0.1) is 11.3 Å². The number of nitrogens with zero attached hydrogens (tertiary/aromatic N) is 2. The van der Waals surface area contributed by atoms with Crippen LogP contribution in [0.4, 0.5) is 4.39 Å². The van der Waals surface area contributed by atoms with Crippen molar-refractivity contribution in [2.45, 2.75) is 13.8 Å². The second kappa shape index (κ2) is 7.26. The Hall–Kier alpha value is -1.73. The van der Waals surface area contributed by atoms with Crippen LogP contribution in [0.3, 0.4) is 0 Å². The van der Waals surface area contributed by atoms with Crippen molar-refractivity contribution in [3.05, 3.63) is 62.2 Å². The van der Waals surface area contributed by atoms with Gasteiger partial charge in [0.2, 0.25) is 0 Å². The van der Waals surface area contributed by atoms with E-state index < -0.39 is 0 Å². The number of hydrogen-bond acceptors (Lipinski definition) is 4. The third-order valence-electron chi connectivity index (χ3n) is 4.62. The summed E-state index contributed by atoms with van der Waals surface area (Å²) in [5.74, 6) is -0.448. The highest BCUT2D eigenvalue weighted by Gasteiger charge is 2.25. The fraction of sp³-hybridized carbons (Fsp3) is 0.100. The summed E-state index contributed by atoms with van der Waals surface area (Å²) in [4.78, 5) is 10.3. The predicted octanol–water partition coefficient (Wildman–Crippen LogP) is 7.56. The van der Waals surface area contributed by atoms with Crippen molar-refractivity contribution in [3.8, 4) is 27.3 Å². The lowest BCUT2D eigenvalue weighted by molar-refractivity contribution is 0.475. The molecule has 0 saturated heterocycles. The number of halogens is 4. The molecular formula is C20H12BrCl2FN2OS. The van der Waals surface area contributed by atoms with Crippen LogP contribution in [-0.4, -0.2) is 15.1 Å². The van der Waals surface area contributed by atoms with Gasteiger partial charge in [0.25, 0.3) is 0 Å². The molecule has 1 N–H and O–H groups in total. The number of fused-ring (bicyclic) bond motifs is 1. The summed E-state index contributed by atoms with van der Waals surface area (Å²) in [6.45, 7) is 3.66. The van der Waals surface area contributed by atoms with Crippen molar-refractivity contribution in [2.75, 3.05) is 0 Å². The summed E-state index contributed by atoms with van der Waals surface area (Å²) in [5.41, 5.74) is 3.87. The number of aromatic nitrogens is 2. The number of hydrogen-bond donors (Lipinski definition) is 1. The standard InChI is InChI=1S/C20H12BrCl2FN2OS/c1-8-12(9(2)16(23)17(27)15(8)22)13-14-19(21)25-7-26-20(14)28-18(13)10-3-5-11(24)6-4-10/h3-7,27H,1-2H3. The van der Waals surface area contributed by atoms with Crippen molar-refractivity contribution in [1.82, 2.24) is 9.97 Å². The first kappa shape index (κ1) is 19.6. The summed E-state index contributed by atoms with van der Waals surface area (Å²) in [6.07, 6.45) is 1.48. The van der Waals surface area contributed by atoms with E-state index in [2.05, 4.69) is 25.9 Å². The number of phenolic OH excluding ortho intramolecular Hbond substituents is 1. The Balaban J connectivity index is 2.19. The van der Waals surface area contributed by atoms with Crippen LogP contribution in [0.15, 0.2) is 35.2 Å². The molecule has 0 atom stereocenters. The molecule has 3 nitrogen and oxygen atoms in total. The molecule has 0 saturated carbocycles. The van der Waals surface area contributed by atoms with E-state index >= 15 is 0 Å². The van der Waals surface area contributed by atoms with Crippen LogP contribution in [0, 0.1) is 19.7 Å². The molecule has 2 aromatic carbocycles. The first-order valence-electron chi connectivity index (χ1n) is 8.17. The summed E-state index contributed by atoms with van der Waals surface area (Å²) in [6, 6.07) is 6.28. The van der Waals surface area contributed by atoms with Crippen molar-refractivity contribution in [2.24, 2.45) is 0 Å². The Morgan fingerprint density at radius 1 is 1.00 bits per heavy atom. The largest absolute Gasteiger partial charge is 0.505 e. The maximum atomic E-state index is 13.5. The van der Waals surface area contributed by atoms with Gasteiger partial charge in [0.15, 0.2) is 5.75 Å². The average Bonchev–Trinajstić information content (AvgIpc) is 3.06. The van der Waals surface area contributed by atoms with Gasteiger partial charge in [0.1, 0.15) is 21.6 Å². The SMILES string of the molecule is Cc1c(Cl)c(O)c(Cl)c(C)c1-c1c(-c2ccc(F)cc2)sc2ncnc(Br)c12. The maximum Gasteiger partial charge on any atom is 0.153 e. The first-order valence-corrected chi connectivity index (χ1v) is 10.5. The lowest BCUT2D eigenvalue weighted by Gasteiger charge is -2.17. The molecule has 2 aromatic heterocycles. The molecule has 0 radical (unpaired) electrons. The van der Waals surface area contributed by atoms with Crippen LogP contribution in [0.5, 0.6) is 5.75 Å². The lowest BCUT2D eigenvalue weighted by atomic mass is 9.92. The topological polar surface area (TPSA) is 46.0 Å². The molecule has 4 rings (SSSR count). The van der Waals surface area contributed by atoms with Gasteiger partial charge in [-0.1, -0.05) is 35.3 Å². The van der Waals surface area contributed by atoms with E-state index in [1.54, 1.807) is 12.1 Å². The van der Waals surface area contributed by atoms with Crippen molar-refractivity contribution in [1.29, 1.82) is 0 Å². The monoisotopic (exact) mass is 496 g/mol. The minimum Gasteiger partial charge on any atom is -0.505 e. The van der Waals surface area contributed by atoms with Crippen LogP contribution in [-0.2, 0) is 0 Å². The summed E-state index contributed by atoms with van der Waals surface area (Å²) < 4.78 is 14.1. The molecule has 2 heterocycles. The zero-order chi connectivity index (χ0) is 20.2. The minimum absolute atomic E-state index is 0.139. The zero-order valence-electron chi connectivity index (χ0n) is 14.6. The molecule has 0 aliphatic heterocycles. The summed E-state index contributed by atoms with van der Waals surface area (Å²) in [7, 11) is 0. The number of benzene rings is 2. The van der Waals surface area contributed by atoms with Crippen molar-refractivity contribution < 1.29 is 9.50 Å². The molecule has 28 heavy (non-hydrogen) atoms. The molecular weight excluding hydrogens is 486 g/mol. The average molecular weight is 498 g/mol. The number of aromatic hydroxyl groups is 1. The second-order valence-corrected chi connectivity index (χ2v) is 8.77. The Labute approximate surface area is 182 Å². The highest BCUT2D eigenvalue weighted by atomic mass is 79.9. The van der Waals surface area contributed by atoms with E-state index in [9.17, 15) is 9.50 Å². The Morgan fingerprint density at radius 2 is 1.61 bits per heavy atom. The van der Waals surface area contributed by atoms with Gasteiger partial charge in [-0.2, -0.15) is 0 Å². The number of phenols is 1. The number of thiophene rings is 1. The maximum absolute atomic E-state index is 13.5.